The van der Waals surface area contributed by atoms with E-state index in [2.05, 4.69) is 5.32 Å². The van der Waals surface area contributed by atoms with Crippen molar-refractivity contribution in [2.75, 3.05) is 15.2 Å². The van der Waals surface area contributed by atoms with Gasteiger partial charge in [0, 0.05) is 35.3 Å². The predicted octanol–water partition coefficient (Wildman–Crippen LogP) is 7.50. The number of hydrazone groups is 1. The number of anilines is 3. The van der Waals surface area contributed by atoms with Gasteiger partial charge in [-0.15, -0.1) is 5.10 Å². The van der Waals surface area contributed by atoms with Crippen LogP contribution in [0.1, 0.15) is 43.1 Å². The number of amidine groups is 1. The molecule has 41 heavy (non-hydrogen) atoms. The fourth-order valence-electron chi connectivity index (χ4n) is 4.64. The van der Waals surface area contributed by atoms with E-state index in [0.717, 1.165) is 28.1 Å². The van der Waals surface area contributed by atoms with Crippen LogP contribution in [-0.2, 0) is 16.2 Å². The van der Waals surface area contributed by atoms with E-state index in [1.807, 2.05) is 108 Å². The maximum atomic E-state index is 13.0. The van der Waals surface area contributed by atoms with Crippen molar-refractivity contribution < 1.29 is 14.3 Å². The number of ketones is 1. The SMILES string of the molecule is CCC(=O)Nc1ccc(N2C(C(C)=O)=NN(c3ccc(C)cc3)[C@@H]2c2cc(Cl)ccc2OCc2ccccc2)cc1. The summed E-state index contributed by atoms with van der Waals surface area (Å²) in [6, 6.07) is 30.7. The maximum absolute atomic E-state index is 13.0. The van der Waals surface area contributed by atoms with Crippen LogP contribution in [0.3, 0.4) is 0 Å². The molecule has 4 aromatic carbocycles. The number of hydrogen-bond acceptors (Lipinski definition) is 6. The Morgan fingerprint density at radius 1 is 0.927 bits per heavy atom. The van der Waals surface area contributed by atoms with Crippen LogP contribution in [0, 0.1) is 6.92 Å². The molecule has 0 radical (unpaired) electrons. The van der Waals surface area contributed by atoms with Crippen LogP contribution in [-0.4, -0.2) is 17.5 Å². The van der Waals surface area contributed by atoms with E-state index in [1.165, 1.54) is 6.92 Å². The molecule has 0 bridgehead atoms. The second kappa shape index (κ2) is 12.3. The van der Waals surface area contributed by atoms with Crippen molar-refractivity contribution >= 4 is 46.2 Å². The van der Waals surface area contributed by atoms with E-state index < -0.39 is 6.17 Å². The number of aryl methyl sites for hydroxylation is 1. The number of halogens is 1. The molecule has 1 heterocycles. The van der Waals surface area contributed by atoms with Gasteiger partial charge in [0.1, 0.15) is 12.4 Å². The summed E-state index contributed by atoms with van der Waals surface area (Å²) in [7, 11) is 0. The Bertz CT molecular complexity index is 1570. The van der Waals surface area contributed by atoms with Crippen molar-refractivity contribution in [1.29, 1.82) is 0 Å². The minimum absolute atomic E-state index is 0.0764. The highest BCUT2D eigenvalue weighted by Gasteiger charge is 2.40. The zero-order chi connectivity index (χ0) is 28.9. The van der Waals surface area contributed by atoms with E-state index in [1.54, 1.807) is 13.0 Å². The number of carbonyl (C=O) groups excluding carboxylic acids is 2. The topological polar surface area (TPSA) is 74.2 Å². The first-order valence-corrected chi connectivity index (χ1v) is 13.8. The molecule has 1 aliphatic rings. The zero-order valence-corrected chi connectivity index (χ0v) is 23.9. The molecule has 4 aromatic rings. The summed E-state index contributed by atoms with van der Waals surface area (Å²) in [5.74, 6) is 0.626. The predicted molar refractivity (Wildman–Crippen MR) is 165 cm³/mol. The third-order valence-corrected chi connectivity index (χ3v) is 6.99. The third-order valence-electron chi connectivity index (χ3n) is 6.76. The van der Waals surface area contributed by atoms with Gasteiger partial charge in [-0.05, 0) is 67.1 Å². The fourth-order valence-corrected chi connectivity index (χ4v) is 4.82. The summed E-state index contributed by atoms with van der Waals surface area (Å²) in [5.41, 5.74) is 5.08. The van der Waals surface area contributed by atoms with E-state index in [9.17, 15) is 9.59 Å². The number of nitrogens with one attached hydrogen (secondary N) is 1. The molecule has 0 saturated heterocycles. The second-order valence-corrected chi connectivity index (χ2v) is 10.2. The van der Waals surface area contributed by atoms with Crippen molar-refractivity contribution in [2.24, 2.45) is 5.10 Å². The molecule has 0 fully saturated rings. The van der Waals surface area contributed by atoms with Crippen LogP contribution in [0.5, 0.6) is 5.75 Å². The lowest BCUT2D eigenvalue weighted by molar-refractivity contribution is -0.116. The Morgan fingerprint density at radius 3 is 2.27 bits per heavy atom. The molecule has 8 heteroatoms. The first kappa shape index (κ1) is 27.9. The molecule has 7 nitrogen and oxygen atoms in total. The lowest BCUT2D eigenvalue weighted by atomic mass is 10.1. The van der Waals surface area contributed by atoms with Gasteiger partial charge < -0.3 is 10.1 Å². The Labute approximate surface area is 245 Å². The van der Waals surface area contributed by atoms with E-state index in [0.29, 0.717) is 29.5 Å². The van der Waals surface area contributed by atoms with Crippen LogP contribution in [0.15, 0.2) is 102 Å². The van der Waals surface area contributed by atoms with Gasteiger partial charge in [0.25, 0.3) is 0 Å². The summed E-state index contributed by atoms with van der Waals surface area (Å²) in [6.07, 6.45) is -0.208. The molecule has 0 saturated carbocycles. The highest BCUT2D eigenvalue weighted by Crippen LogP contribution is 2.43. The van der Waals surface area contributed by atoms with Crippen molar-refractivity contribution in [2.45, 2.75) is 40.0 Å². The van der Waals surface area contributed by atoms with E-state index in [4.69, 9.17) is 21.4 Å². The number of nitrogens with zero attached hydrogens (tertiary/aromatic N) is 3. The quantitative estimate of drug-likeness (QED) is 0.227. The van der Waals surface area contributed by atoms with Crippen LogP contribution >= 0.6 is 11.6 Å². The van der Waals surface area contributed by atoms with Crippen molar-refractivity contribution in [3.05, 3.63) is 119 Å². The molecule has 0 aliphatic carbocycles. The Kier molecular flexibility index (Phi) is 8.36. The Balaban J connectivity index is 1.62. The number of benzene rings is 4. The number of amides is 1. The Hall–Kier alpha value is -4.62. The number of Topliss-reactive ketones (excluding diaryl/α,β-unsaturated/α-hetero) is 1. The van der Waals surface area contributed by atoms with Crippen molar-refractivity contribution in [1.82, 2.24) is 0 Å². The van der Waals surface area contributed by atoms with Gasteiger partial charge in [-0.3, -0.25) is 14.5 Å². The lowest BCUT2D eigenvalue weighted by Gasteiger charge is -2.33. The lowest BCUT2D eigenvalue weighted by Crippen LogP contribution is -2.38. The van der Waals surface area contributed by atoms with E-state index in [-0.39, 0.29) is 17.5 Å². The minimum Gasteiger partial charge on any atom is -0.488 e. The fraction of sp³-hybridized carbons (Fsp3) is 0.182. The molecule has 0 unspecified atom stereocenters. The largest absolute Gasteiger partial charge is 0.488 e. The maximum Gasteiger partial charge on any atom is 0.224 e. The van der Waals surface area contributed by atoms with Gasteiger partial charge in [-0.1, -0.05) is 66.6 Å². The molecule has 0 spiro atoms. The third kappa shape index (κ3) is 6.26. The average molecular weight is 567 g/mol. The highest BCUT2D eigenvalue weighted by atomic mass is 35.5. The summed E-state index contributed by atoms with van der Waals surface area (Å²) in [5, 5.41) is 10.1. The summed E-state index contributed by atoms with van der Waals surface area (Å²) in [4.78, 5) is 26.9. The average Bonchev–Trinajstić information content (AvgIpc) is 3.38. The second-order valence-electron chi connectivity index (χ2n) is 9.81. The molecule has 0 aromatic heterocycles. The van der Waals surface area contributed by atoms with E-state index >= 15 is 0 Å². The summed E-state index contributed by atoms with van der Waals surface area (Å²) < 4.78 is 6.35. The van der Waals surface area contributed by atoms with Crippen molar-refractivity contribution in [3.63, 3.8) is 0 Å². The first-order chi connectivity index (χ1) is 19.8. The van der Waals surface area contributed by atoms with Gasteiger partial charge in [-0.25, -0.2) is 5.01 Å². The number of hydrogen-bond donors (Lipinski definition) is 1. The number of carbonyl (C=O) groups is 2. The highest BCUT2D eigenvalue weighted by molar-refractivity contribution is 6.44. The standard InChI is InChI=1S/C33H31ClN4O3/c1-4-31(40)35-26-13-17-27(18-14-26)37-32(23(3)39)36-38(28-15-10-22(2)11-16-28)33(37)29-20-25(34)12-19-30(29)41-21-24-8-6-5-7-9-24/h5-20,33H,4,21H2,1-3H3,(H,35,40)/t33-/m1/s1. The van der Waals surface area contributed by atoms with Crippen LogP contribution in [0.4, 0.5) is 17.1 Å². The molecule has 1 atom stereocenters. The molecular formula is C33H31ClN4O3. The summed E-state index contributed by atoms with van der Waals surface area (Å²) in [6.45, 7) is 5.69. The zero-order valence-electron chi connectivity index (χ0n) is 23.2. The van der Waals surface area contributed by atoms with Gasteiger partial charge in [0.05, 0.1) is 5.69 Å². The van der Waals surface area contributed by atoms with Gasteiger partial charge in [-0.2, -0.15) is 0 Å². The normalized spacial score (nSPS) is 14.5. The van der Waals surface area contributed by atoms with Gasteiger partial charge in [0.15, 0.2) is 17.8 Å². The Morgan fingerprint density at radius 2 is 1.61 bits per heavy atom. The molecule has 1 aliphatic heterocycles. The van der Waals surface area contributed by atoms with Gasteiger partial charge >= 0.3 is 0 Å². The first-order valence-electron chi connectivity index (χ1n) is 13.4. The van der Waals surface area contributed by atoms with Gasteiger partial charge in [0.2, 0.25) is 5.91 Å². The van der Waals surface area contributed by atoms with Crippen LogP contribution in [0.2, 0.25) is 5.02 Å². The molecule has 5 rings (SSSR count). The number of rotatable bonds is 9. The molecule has 208 valence electrons. The minimum atomic E-state index is -0.586. The monoisotopic (exact) mass is 566 g/mol. The molecule has 1 amide bonds. The summed E-state index contributed by atoms with van der Waals surface area (Å²) >= 11 is 6.57. The van der Waals surface area contributed by atoms with Crippen LogP contribution in [0.25, 0.3) is 0 Å². The van der Waals surface area contributed by atoms with Crippen molar-refractivity contribution in [3.8, 4) is 5.75 Å². The smallest absolute Gasteiger partial charge is 0.224 e. The van der Waals surface area contributed by atoms with Crippen LogP contribution < -0.4 is 20.0 Å². The number of ether oxygens (including phenoxy) is 1. The molecular weight excluding hydrogens is 536 g/mol. The molecule has 1 N–H and O–H groups in total.